The van der Waals surface area contributed by atoms with Crippen LogP contribution >= 0.6 is 0 Å². The third-order valence-corrected chi connectivity index (χ3v) is 14.9. The van der Waals surface area contributed by atoms with Gasteiger partial charge in [-0.15, -0.1) is 0 Å². The molecule has 0 radical (unpaired) electrons. The predicted molar refractivity (Wildman–Crippen MR) is 271 cm³/mol. The summed E-state index contributed by atoms with van der Waals surface area (Å²) >= 11 is 0. The lowest BCUT2D eigenvalue weighted by molar-refractivity contribution is 0.105. The summed E-state index contributed by atoms with van der Waals surface area (Å²) in [5.74, 6) is 1.01. The van der Waals surface area contributed by atoms with E-state index in [1.165, 1.54) is 66.6 Å². The third-order valence-electron chi connectivity index (χ3n) is 14.9. The van der Waals surface area contributed by atoms with Crippen molar-refractivity contribution in [3.8, 4) is 28.0 Å². The van der Waals surface area contributed by atoms with Crippen LogP contribution in [0.15, 0.2) is 229 Å². The Bertz CT molecular complexity index is 3690. The number of furan rings is 1. The second-order valence-electron chi connectivity index (χ2n) is 18.2. The van der Waals surface area contributed by atoms with Crippen LogP contribution in [0.3, 0.4) is 0 Å². The summed E-state index contributed by atoms with van der Waals surface area (Å²) in [6.45, 7) is 0. The zero-order valence-corrected chi connectivity index (χ0v) is 36.1. The highest BCUT2D eigenvalue weighted by atomic mass is 16.5. The number of allylic oxidation sites excluding steroid dienone is 2. The number of rotatable bonds is 5. The van der Waals surface area contributed by atoms with Crippen molar-refractivity contribution in [3.63, 3.8) is 0 Å². The molecule has 4 atom stereocenters. The molecule has 312 valence electrons. The van der Waals surface area contributed by atoms with Gasteiger partial charge in [0.15, 0.2) is 5.58 Å². The number of fused-ring (bicyclic) bond motifs is 16. The molecule has 0 bridgehead atoms. The third kappa shape index (κ3) is 5.31. The van der Waals surface area contributed by atoms with Gasteiger partial charge in [-0.3, -0.25) is 0 Å². The van der Waals surface area contributed by atoms with Gasteiger partial charge >= 0.3 is 0 Å². The molecule has 3 aliphatic carbocycles. The first kappa shape index (κ1) is 37.3. The van der Waals surface area contributed by atoms with Crippen LogP contribution in [0.1, 0.15) is 45.9 Å². The van der Waals surface area contributed by atoms with Crippen LogP contribution in [-0.2, 0) is 5.41 Å². The molecule has 0 fully saturated rings. The summed E-state index contributed by atoms with van der Waals surface area (Å²) in [5.41, 5.74) is 17.3. The van der Waals surface area contributed by atoms with Gasteiger partial charge in [0.2, 0.25) is 0 Å². The maximum atomic E-state index is 7.33. The number of hydrogen-bond acceptors (Lipinski definition) is 3. The fourth-order valence-corrected chi connectivity index (χ4v) is 12.0. The van der Waals surface area contributed by atoms with Crippen molar-refractivity contribution >= 4 is 55.7 Å². The van der Waals surface area contributed by atoms with Crippen molar-refractivity contribution in [1.29, 1.82) is 0 Å². The standard InChI is InChI=1S/C63H43NO2/c1-2-14-40(15-3-1)41-28-34-45(35-29-41)64(57-26-13-23-51-50-20-9-11-27-58(50)65-62(51)57)46-36-30-44(31-37-46)47-22-12-25-54-59(47)52-21-8-10-24-53(52)63(54)55-38-32-42-16-4-6-18-48(42)60(55)66-61-49-19-7-5-17-43(49)33-39-56(61)63/h1-34,36-39,45,55,60H,35H2. The molecule has 66 heavy (non-hydrogen) atoms. The number of benzene rings is 9. The minimum Gasteiger partial charge on any atom is -0.484 e. The maximum absolute atomic E-state index is 7.33. The zero-order chi connectivity index (χ0) is 43.3. The SMILES string of the molecule is C1=CC(N(c2ccc(-c3cccc4c3-c3ccccc3C43c4ccc5ccccc5c4OC4c5ccccc5C=CC43)cc2)c2cccc3c2oc2ccccc23)CC=C1c1ccccc1. The van der Waals surface area contributed by atoms with E-state index in [2.05, 4.69) is 229 Å². The van der Waals surface area contributed by atoms with Crippen molar-refractivity contribution in [2.45, 2.75) is 24.0 Å². The highest BCUT2D eigenvalue weighted by molar-refractivity contribution is 6.09. The summed E-state index contributed by atoms with van der Waals surface area (Å²) in [5, 5.41) is 4.59. The first-order chi connectivity index (χ1) is 32.7. The molecule has 0 amide bonds. The first-order valence-electron chi connectivity index (χ1n) is 23.2. The van der Waals surface area contributed by atoms with E-state index in [4.69, 9.17) is 9.15 Å². The number of para-hydroxylation sites is 2. The fourth-order valence-electron chi connectivity index (χ4n) is 12.0. The summed E-state index contributed by atoms with van der Waals surface area (Å²) in [4.78, 5) is 2.47. The first-order valence-corrected chi connectivity index (χ1v) is 23.2. The van der Waals surface area contributed by atoms with Crippen molar-refractivity contribution in [2.75, 3.05) is 4.90 Å². The Labute approximate surface area is 383 Å². The van der Waals surface area contributed by atoms with E-state index >= 15 is 0 Å². The molecular formula is C63H43NO2. The fraction of sp³-hybridized carbons (Fsp3) is 0.0794. The van der Waals surface area contributed by atoms with Crippen molar-refractivity contribution in [3.05, 3.63) is 258 Å². The number of nitrogens with zero attached hydrogens (tertiary/aromatic N) is 1. The molecule has 0 saturated heterocycles. The molecule has 9 aromatic carbocycles. The second-order valence-corrected chi connectivity index (χ2v) is 18.2. The van der Waals surface area contributed by atoms with Gasteiger partial charge in [-0.2, -0.15) is 0 Å². The molecule has 0 saturated carbocycles. The lowest BCUT2D eigenvalue weighted by atomic mass is 9.58. The maximum Gasteiger partial charge on any atom is 0.159 e. The molecule has 1 aromatic heterocycles. The van der Waals surface area contributed by atoms with Gasteiger partial charge in [0.1, 0.15) is 17.4 Å². The van der Waals surface area contributed by atoms with E-state index in [1.54, 1.807) is 0 Å². The Hall–Kier alpha value is -8.14. The summed E-state index contributed by atoms with van der Waals surface area (Å²) in [7, 11) is 0. The van der Waals surface area contributed by atoms with Crippen LogP contribution in [0.25, 0.3) is 66.6 Å². The summed E-state index contributed by atoms with van der Waals surface area (Å²) < 4.78 is 14.0. The molecule has 10 aromatic rings. The minimum absolute atomic E-state index is 0.0237. The topological polar surface area (TPSA) is 25.6 Å². The molecule has 14 rings (SSSR count). The van der Waals surface area contributed by atoms with E-state index in [1.807, 2.05) is 6.07 Å². The average Bonchev–Trinajstić information content (AvgIpc) is 3.92. The predicted octanol–water partition coefficient (Wildman–Crippen LogP) is 16.0. The Morgan fingerprint density at radius 3 is 2.15 bits per heavy atom. The van der Waals surface area contributed by atoms with E-state index < -0.39 is 5.41 Å². The lowest BCUT2D eigenvalue weighted by Crippen LogP contribution is -2.45. The quantitative estimate of drug-likeness (QED) is 0.173. The molecule has 4 aliphatic rings. The van der Waals surface area contributed by atoms with Crippen LogP contribution in [0.2, 0.25) is 0 Å². The molecule has 0 N–H and O–H groups in total. The van der Waals surface area contributed by atoms with Crippen LogP contribution in [0, 0.1) is 5.92 Å². The molecule has 1 aliphatic heterocycles. The molecule has 3 nitrogen and oxygen atoms in total. The van der Waals surface area contributed by atoms with Crippen molar-refractivity contribution in [2.24, 2.45) is 5.92 Å². The Morgan fingerprint density at radius 2 is 1.26 bits per heavy atom. The van der Waals surface area contributed by atoms with Crippen molar-refractivity contribution < 1.29 is 9.15 Å². The second kappa shape index (κ2) is 14.4. The molecule has 3 heteroatoms. The Morgan fingerprint density at radius 1 is 0.515 bits per heavy atom. The van der Waals surface area contributed by atoms with E-state index in [9.17, 15) is 0 Å². The summed E-state index contributed by atoms with van der Waals surface area (Å²) in [6, 6.07) is 73.2. The van der Waals surface area contributed by atoms with Gasteiger partial charge < -0.3 is 14.1 Å². The average molecular weight is 846 g/mol. The van der Waals surface area contributed by atoms with Crippen molar-refractivity contribution in [1.82, 2.24) is 0 Å². The van der Waals surface area contributed by atoms with Crippen LogP contribution in [0.4, 0.5) is 11.4 Å². The Balaban J connectivity index is 0.935. The molecular weight excluding hydrogens is 803 g/mol. The molecule has 1 spiro atoms. The highest BCUT2D eigenvalue weighted by Gasteiger charge is 2.57. The van der Waals surface area contributed by atoms with Gasteiger partial charge in [0.05, 0.1) is 17.1 Å². The van der Waals surface area contributed by atoms with Crippen LogP contribution in [-0.4, -0.2) is 6.04 Å². The van der Waals surface area contributed by atoms with Gasteiger partial charge in [-0.1, -0.05) is 206 Å². The highest BCUT2D eigenvalue weighted by Crippen LogP contribution is 2.66. The zero-order valence-electron chi connectivity index (χ0n) is 36.1. The molecule has 4 unspecified atom stereocenters. The number of ether oxygens (including phenoxy) is 1. The summed E-state index contributed by atoms with van der Waals surface area (Å²) in [6.07, 6.45) is 12.5. The Kier molecular flexibility index (Phi) is 8.15. The van der Waals surface area contributed by atoms with Gasteiger partial charge in [0, 0.05) is 38.9 Å². The normalized spacial score (nSPS) is 19.8. The monoisotopic (exact) mass is 845 g/mol. The smallest absolute Gasteiger partial charge is 0.159 e. The number of anilines is 2. The van der Waals surface area contributed by atoms with E-state index in [0.717, 1.165) is 50.9 Å². The van der Waals surface area contributed by atoms with Gasteiger partial charge in [0.25, 0.3) is 0 Å². The minimum atomic E-state index is -0.490. The van der Waals surface area contributed by atoms with Gasteiger partial charge in [-0.05, 0) is 86.2 Å². The van der Waals surface area contributed by atoms with Gasteiger partial charge in [-0.25, -0.2) is 0 Å². The number of hydrogen-bond donors (Lipinski definition) is 0. The van der Waals surface area contributed by atoms with Crippen LogP contribution in [0.5, 0.6) is 5.75 Å². The van der Waals surface area contributed by atoms with Crippen LogP contribution < -0.4 is 9.64 Å². The van der Waals surface area contributed by atoms with E-state index in [0.29, 0.717) is 0 Å². The largest absolute Gasteiger partial charge is 0.484 e. The van der Waals surface area contributed by atoms with E-state index in [-0.39, 0.29) is 18.1 Å². The lowest BCUT2D eigenvalue weighted by Gasteiger charge is -2.49. The molecule has 2 heterocycles.